The molecule has 0 saturated carbocycles. The Morgan fingerprint density at radius 1 is 1.07 bits per heavy atom. The van der Waals surface area contributed by atoms with Crippen molar-refractivity contribution in [3.8, 4) is 0 Å². The second kappa shape index (κ2) is 8.42. The Hall–Kier alpha value is -2.23. The lowest BCUT2D eigenvalue weighted by Crippen LogP contribution is -2.43. The van der Waals surface area contributed by atoms with E-state index in [0.29, 0.717) is 30.6 Å². The first-order valence-electron chi connectivity index (χ1n) is 8.74. The number of carbonyl (C=O) groups excluding carboxylic acids is 2. The number of benzene rings is 2. The summed E-state index contributed by atoms with van der Waals surface area (Å²) in [5, 5.41) is 2.78. The minimum Gasteiger partial charge on any atom is -0.366 e. The maximum Gasteiger partial charge on any atom is 0.248 e. The van der Waals surface area contributed by atoms with Gasteiger partial charge in [0.2, 0.25) is 21.8 Å². The van der Waals surface area contributed by atoms with Crippen molar-refractivity contribution in [2.45, 2.75) is 17.7 Å². The highest BCUT2D eigenvalue weighted by Crippen LogP contribution is 2.25. The molecule has 0 aromatic heterocycles. The van der Waals surface area contributed by atoms with Gasteiger partial charge in [0.1, 0.15) is 0 Å². The number of primary amides is 1. The van der Waals surface area contributed by atoms with Gasteiger partial charge in [0.05, 0.1) is 10.8 Å². The summed E-state index contributed by atoms with van der Waals surface area (Å²) in [5.41, 5.74) is 6.08. The highest BCUT2D eigenvalue weighted by Gasteiger charge is 2.33. The molecule has 1 fully saturated rings. The number of anilines is 1. The Labute approximate surface area is 172 Å². The average Bonchev–Trinajstić information content (AvgIpc) is 2.69. The van der Waals surface area contributed by atoms with Crippen LogP contribution in [0, 0.1) is 5.92 Å². The Bertz CT molecular complexity index is 975. The molecule has 0 spiro atoms. The van der Waals surface area contributed by atoms with Gasteiger partial charge in [-0.1, -0.05) is 15.9 Å². The minimum atomic E-state index is -3.65. The second-order valence-electron chi connectivity index (χ2n) is 6.59. The SMILES string of the molecule is NC(=O)c1ccc(NC(=O)[C@H]2CCCN(S(=O)(=O)c3ccc(Br)cc3)C2)cc1. The van der Waals surface area contributed by atoms with E-state index < -0.39 is 21.8 Å². The largest absolute Gasteiger partial charge is 0.366 e. The number of hydrogen-bond acceptors (Lipinski definition) is 4. The third-order valence-corrected chi connectivity index (χ3v) is 7.05. The molecule has 1 aliphatic rings. The molecule has 1 saturated heterocycles. The molecule has 28 heavy (non-hydrogen) atoms. The number of nitrogens with zero attached hydrogens (tertiary/aromatic N) is 1. The summed E-state index contributed by atoms with van der Waals surface area (Å²) in [5.74, 6) is -1.24. The van der Waals surface area contributed by atoms with E-state index in [-0.39, 0.29) is 17.3 Å². The highest BCUT2D eigenvalue weighted by molar-refractivity contribution is 9.10. The molecule has 0 aliphatic carbocycles. The van der Waals surface area contributed by atoms with Crippen molar-refractivity contribution in [1.29, 1.82) is 0 Å². The van der Waals surface area contributed by atoms with E-state index in [2.05, 4.69) is 21.2 Å². The van der Waals surface area contributed by atoms with Crippen LogP contribution in [0.1, 0.15) is 23.2 Å². The molecule has 3 N–H and O–H groups in total. The van der Waals surface area contributed by atoms with Gasteiger partial charge >= 0.3 is 0 Å². The van der Waals surface area contributed by atoms with Crippen LogP contribution in [0.5, 0.6) is 0 Å². The highest BCUT2D eigenvalue weighted by atomic mass is 79.9. The molecular weight excluding hydrogens is 446 g/mol. The third-order valence-electron chi connectivity index (χ3n) is 4.64. The second-order valence-corrected chi connectivity index (χ2v) is 9.44. The van der Waals surface area contributed by atoms with Crippen LogP contribution in [0.4, 0.5) is 5.69 Å². The van der Waals surface area contributed by atoms with Crippen LogP contribution in [-0.4, -0.2) is 37.6 Å². The molecule has 1 atom stereocenters. The molecule has 148 valence electrons. The number of nitrogens with one attached hydrogen (secondary N) is 1. The number of sulfonamides is 1. The number of piperidine rings is 1. The number of rotatable bonds is 5. The van der Waals surface area contributed by atoms with Gasteiger partial charge in [-0.2, -0.15) is 4.31 Å². The topological polar surface area (TPSA) is 110 Å². The number of amides is 2. The molecule has 3 rings (SSSR count). The maximum absolute atomic E-state index is 12.9. The van der Waals surface area contributed by atoms with Gasteiger partial charge in [-0.25, -0.2) is 8.42 Å². The maximum atomic E-state index is 12.9. The molecule has 2 aromatic carbocycles. The number of halogens is 1. The van der Waals surface area contributed by atoms with E-state index in [1.165, 1.54) is 16.4 Å². The van der Waals surface area contributed by atoms with Crippen LogP contribution in [-0.2, 0) is 14.8 Å². The molecule has 1 heterocycles. The summed E-state index contributed by atoms with van der Waals surface area (Å²) in [6.45, 7) is 0.513. The lowest BCUT2D eigenvalue weighted by Gasteiger charge is -2.31. The van der Waals surface area contributed by atoms with Crippen LogP contribution in [0.15, 0.2) is 57.9 Å². The van der Waals surface area contributed by atoms with Crippen molar-refractivity contribution in [3.63, 3.8) is 0 Å². The quantitative estimate of drug-likeness (QED) is 0.706. The van der Waals surface area contributed by atoms with E-state index in [0.717, 1.165) is 4.47 Å². The summed E-state index contributed by atoms with van der Waals surface area (Å²) in [6.07, 6.45) is 1.21. The standard InChI is InChI=1S/C19H20BrN3O4S/c20-15-5-9-17(10-6-15)28(26,27)23-11-1-2-14(12-23)19(25)22-16-7-3-13(4-8-16)18(21)24/h3-10,14H,1-2,11-12H2,(H2,21,24)(H,22,25)/t14-/m0/s1. The average molecular weight is 466 g/mol. The fraction of sp³-hybridized carbons (Fsp3) is 0.263. The number of nitrogens with two attached hydrogens (primary N) is 1. The van der Waals surface area contributed by atoms with Crippen molar-refractivity contribution >= 4 is 43.5 Å². The predicted molar refractivity (Wildman–Crippen MR) is 109 cm³/mol. The summed E-state index contributed by atoms with van der Waals surface area (Å²) < 4.78 is 27.9. The van der Waals surface area contributed by atoms with Crippen LogP contribution in [0.25, 0.3) is 0 Å². The summed E-state index contributed by atoms with van der Waals surface area (Å²) in [6, 6.07) is 12.7. The van der Waals surface area contributed by atoms with Crippen molar-refractivity contribution in [2.24, 2.45) is 11.7 Å². The lowest BCUT2D eigenvalue weighted by atomic mass is 9.98. The van der Waals surface area contributed by atoms with Crippen molar-refractivity contribution in [1.82, 2.24) is 4.31 Å². The first-order chi connectivity index (χ1) is 13.3. The molecule has 2 aromatic rings. The van der Waals surface area contributed by atoms with Gasteiger partial charge in [-0.05, 0) is 61.4 Å². The van der Waals surface area contributed by atoms with E-state index in [1.54, 1.807) is 36.4 Å². The minimum absolute atomic E-state index is 0.129. The first kappa shape index (κ1) is 20.5. The van der Waals surface area contributed by atoms with Gasteiger partial charge in [-0.3, -0.25) is 9.59 Å². The molecule has 2 amide bonds. The molecule has 1 aliphatic heterocycles. The Morgan fingerprint density at radius 2 is 1.71 bits per heavy atom. The predicted octanol–water partition coefficient (Wildman–Crippen LogP) is 2.59. The Kier molecular flexibility index (Phi) is 6.17. The molecule has 0 radical (unpaired) electrons. The molecule has 0 unspecified atom stereocenters. The van der Waals surface area contributed by atoms with Gasteiger partial charge in [0.15, 0.2) is 0 Å². The molecule has 7 nitrogen and oxygen atoms in total. The summed E-state index contributed by atoms with van der Waals surface area (Å²) in [4.78, 5) is 23.9. The zero-order valence-corrected chi connectivity index (χ0v) is 17.4. The zero-order valence-electron chi connectivity index (χ0n) is 15.0. The van der Waals surface area contributed by atoms with Crippen molar-refractivity contribution < 1.29 is 18.0 Å². The summed E-state index contributed by atoms with van der Waals surface area (Å²) >= 11 is 3.29. The van der Waals surface area contributed by atoms with E-state index in [9.17, 15) is 18.0 Å². The van der Waals surface area contributed by atoms with Crippen molar-refractivity contribution in [3.05, 3.63) is 58.6 Å². The Morgan fingerprint density at radius 3 is 2.32 bits per heavy atom. The van der Waals surface area contributed by atoms with Crippen LogP contribution < -0.4 is 11.1 Å². The lowest BCUT2D eigenvalue weighted by molar-refractivity contribution is -0.120. The van der Waals surface area contributed by atoms with E-state index in [4.69, 9.17) is 5.73 Å². The van der Waals surface area contributed by atoms with E-state index >= 15 is 0 Å². The smallest absolute Gasteiger partial charge is 0.248 e. The Balaban J connectivity index is 1.69. The van der Waals surface area contributed by atoms with Gasteiger partial charge in [-0.15, -0.1) is 0 Å². The monoisotopic (exact) mass is 465 g/mol. The molecule has 0 bridgehead atoms. The number of carbonyl (C=O) groups is 2. The van der Waals surface area contributed by atoms with Crippen LogP contribution >= 0.6 is 15.9 Å². The molecular formula is C19H20BrN3O4S. The van der Waals surface area contributed by atoms with Crippen LogP contribution in [0.3, 0.4) is 0 Å². The normalized spacial score (nSPS) is 17.8. The van der Waals surface area contributed by atoms with Gasteiger partial charge in [0.25, 0.3) is 0 Å². The van der Waals surface area contributed by atoms with E-state index in [1.807, 2.05) is 0 Å². The first-order valence-corrected chi connectivity index (χ1v) is 11.0. The fourth-order valence-electron chi connectivity index (χ4n) is 3.09. The fourth-order valence-corrected chi connectivity index (χ4v) is 4.88. The summed E-state index contributed by atoms with van der Waals surface area (Å²) in [7, 11) is -3.65. The van der Waals surface area contributed by atoms with Gasteiger partial charge in [0, 0.05) is 28.8 Å². The third kappa shape index (κ3) is 4.60. The van der Waals surface area contributed by atoms with Gasteiger partial charge < -0.3 is 11.1 Å². The van der Waals surface area contributed by atoms with Crippen molar-refractivity contribution in [2.75, 3.05) is 18.4 Å². The zero-order chi connectivity index (χ0) is 20.3. The van der Waals surface area contributed by atoms with Crippen LogP contribution in [0.2, 0.25) is 0 Å². The number of hydrogen-bond donors (Lipinski definition) is 2. The molecule has 9 heteroatoms.